The molecule has 2 amide bonds. The second kappa shape index (κ2) is 7.52. The van der Waals surface area contributed by atoms with Gasteiger partial charge in [-0.05, 0) is 62.9 Å². The van der Waals surface area contributed by atoms with Crippen LogP contribution < -0.4 is 14.8 Å². The molecule has 0 bridgehead atoms. The minimum absolute atomic E-state index is 0.0856. The predicted octanol–water partition coefficient (Wildman–Crippen LogP) is 2.23. The first-order valence-corrected chi connectivity index (χ1v) is 9.45. The molecule has 0 radical (unpaired) electrons. The van der Waals surface area contributed by atoms with E-state index in [9.17, 15) is 4.79 Å². The zero-order valence-electron chi connectivity index (χ0n) is 14.7. The molecule has 0 aliphatic carbocycles. The van der Waals surface area contributed by atoms with Gasteiger partial charge in [0, 0.05) is 25.7 Å². The molecule has 6 heteroatoms. The summed E-state index contributed by atoms with van der Waals surface area (Å²) in [5, 5.41) is 3.09. The number of ether oxygens (including phenoxy) is 2. The average molecular weight is 345 g/mol. The SMILES string of the molecule is O=C(NCCc1ccc2c(c1)OCO2)N1CCCC1CN1CCCC1. The van der Waals surface area contributed by atoms with E-state index in [1.807, 2.05) is 23.1 Å². The lowest BCUT2D eigenvalue weighted by molar-refractivity contribution is 0.174. The van der Waals surface area contributed by atoms with Crippen LogP contribution in [0, 0.1) is 0 Å². The van der Waals surface area contributed by atoms with Gasteiger partial charge in [-0.2, -0.15) is 0 Å². The van der Waals surface area contributed by atoms with Crippen molar-refractivity contribution in [1.82, 2.24) is 15.1 Å². The molecule has 3 aliphatic heterocycles. The normalized spacial score (nSPS) is 22.6. The van der Waals surface area contributed by atoms with Crippen molar-refractivity contribution in [3.05, 3.63) is 23.8 Å². The van der Waals surface area contributed by atoms with E-state index in [4.69, 9.17) is 9.47 Å². The van der Waals surface area contributed by atoms with Crippen LogP contribution in [0.15, 0.2) is 18.2 Å². The van der Waals surface area contributed by atoms with Crippen molar-refractivity contribution >= 4 is 6.03 Å². The molecule has 0 spiro atoms. The molecule has 0 saturated carbocycles. The molecule has 1 atom stereocenters. The number of carbonyl (C=O) groups excluding carboxylic acids is 1. The zero-order chi connectivity index (χ0) is 17.1. The first-order valence-electron chi connectivity index (χ1n) is 9.45. The van der Waals surface area contributed by atoms with Gasteiger partial charge in [0.05, 0.1) is 0 Å². The molecule has 25 heavy (non-hydrogen) atoms. The highest BCUT2D eigenvalue weighted by atomic mass is 16.7. The lowest BCUT2D eigenvalue weighted by Crippen LogP contribution is -2.47. The highest BCUT2D eigenvalue weighted by molar-refractivity contribution is 5.74. The van der Waals surface area contributed by atoms with Crippen LogP contribution in [-0.2, 0) is 6.42 Å². The molecule has 1 unspecified atom stereocenters. The van der Waals surface area contributed by atoms with E-state index < -0.39 is 0 Å². The summed E-state index contributed by atoms with van der Waals surface area (Å²) < 4.78 is 10.7. The van der Waals surface area contributed by atoms with Gasteiger partial charge in [-0.25, -0.2) is 4.79 Å². The molecule has 4 rings (SSSR count). The van der Waals surface area contributed by atoms with Crippen LogP contribution in [0.25, 0.3) is 0 Å². The molecule has 1 aromatic carbocycles. The van der Waals surface area contributed by atoms with Gasteiger partial charge in [0.25, 0.3) is 0 Å². The zero-order valence-corrected chi connectivity index (χ0v) is 14.7. The Bertz CT molecular complexity index is 616. The maximum atomic E-state index is 12.6. The van der Waals surface area contributed by atoms with Crippen molar-refractivity contribution in [2.75, 3.05) is 39.5 Å². The van der Waals surface area contributed by atoms with E-state index in [0.717, 1.165) is 49.4 Å². The van der Waals surface area contributed by atoms with Crippen LogP contribution >= 0.6 is 0 Å². The van der Waals surface area contributed by atoms with Gasteiger partial charge in [0.15, 0.2) is 11.5 Å². The molecule has 1 N–H and O–H groups in total. The van der Waals surface area contributed by atoms with Crippen molar-refractivity contribution in [3.63, 3.8) is 0 Å². The molecule has 3 aliphatic rings. The number of hydrogen-bond acceptors (Lipinski definition) is 4. The summed E-state index contributed by atoms with van der Waals surface area (Å²) in [6.07, 6.45) is 5.65. The number of hydrogen-bond donors (Lipinski definition) is 1. The highest BCUT2D eigenvalue weighted by Crippen LogP contribution is 2.32. The number of likely N-dealkylation sites (tertiary alicyclic amines) is 2. The van der Waals surface area contributed by atoms with Gasteiger partial charge in [-0.1, -0.05) is 6.07 Å². The monoisotopic (exact) mass is 345 g/mol. The van der Waals surface area contributed by atoms with Gasteiger partial charge >= 0.3 is 6.03 Å². The molecule has 6 nitrogen and oxygen atoms in total. The Morgan fingerprint density at radius 3 is 2.84 bits per heavy atom. The van der Waals surface area contributed by atoms with Crippen molar-refractivity contribution in [2.45, 2.75) is 38.1 Å². The fourth-order valence-corrected chi connectivity index (χ4v) is 4.07. The van der Waals surface area contributed by atoms with Gasteiger partial charge in [0.1, 0.15) is 0 Å². The van der Waals surface area contributed by atoms with Crippen LogP contribution in [0.5, 0.6) is 11.5 Å². The second-order valence-corrected chi connectivity index (χ2v) is 7.17. The molecule has 136 valence electrons. The van der Waals surface area contributed by atoms with Crippen LogP contribution in [-0.4, -0.2) is 61.4 Å². The summed E-state index contributed by atoms with van der Waals surface area (Å²) >= 11 is 0. The Morgan fingerprint density at radius 1 is 1.12 bits per heavy atom. The number of nitrogens with zero attached hydrogens (tertiary/aromatic N) is 2. The number of carbonyl (C=O) groups is 1. The van der Waals surface area contributed by atoms with Crippen molar-refractivity contribution in [1.29, 1.82) is 0 Å². The Labute approximate surface area is 149 Å². The summed E-state index contributed by atoms with van der Waals surface area (Å²) in [6, 6.07) is 6.43. The molecular weight excluding hydrogens is 318 g/mol. The quantitative estimate of drug-likeness (QED) is 0.889. The van der Waals surface area contributed by atoms with Crippen LogP contribution in [0.2, 0.25) is 0 Å². The maximum Gasteiger partial charge on any atom is 0.317 e. The number of urea groups is 1. The fourth-order valence-electron chi connectivity index (χ4n) is 4.07. The maximum absolute atomic E-state index is 12.6. The number of amides is 2. The highest BCUT2D eigenvalue weighted by Gasteiger charge is 2.30. The van der Waals surface area contributed by atoms with E-state index in [1.54, 1.807) is 0 Å². The topological polar surface area (TPSA) is 54.0 Å². The van der Waals surface area contributed by atoms with Crippen molar-refractivity contribution in [3.8, 4) is 11.5 Å². The Kier molecular flexibility index (Phi) is 4.97. The number of nitrogens with one attached hydrogen (secondary N) is 1. The first kappa shape index (κ1) is 16.5. The van der Waals surface area contributed by atoms with Gasteiger partial charge in [-0.3, -0.25) is 0 Å². The minimum atomic E-state index is 0.0856. The van der Waals surface area contributed by atoms with Crippen molar-refractivity contribution in [2.24, 2.45) is 0 Å². The van der Waals surface area contributed by atoms with E-state index in [2.05, 4.69) is 10.2 Å². The van der Waals surface area contributed by atoms with Crippen LogP contribution in [0.4, 0.5) is 4.79 Å². The molecule has 2 fully saturated rings. The summed E-state index contributed by atoms with van der Waals surface area (Å²) in [5.41, 5.74) is 1.15. The predicted molar refractivity (Wildman–Crippen MR) is 95.1 cm³/mol. The van der Waals surface area contributed by atoms with E-state index >= 15 is 0 Å². The largest absolute Gasteiger partial charge is 0.454 e. The van der Waals surface area contributed by atoms with E-state index in [-0.39, 0.29) is 6.03 Å². The van der Waals surface area contributed by atoms with Crippen molar-refractivity contribution < 1.29 is 14.3 Å². The van der Waals surface area contributed by atoms with Crippen LogP contribution in [0.1, 0.15) is 31.2 Å². The summed E-state index contributed by atoms with van der Waals surface area (Å²) in [5.74, 6) is 1.60. The molecule has 1 aromatic rings. The third-order valence-corrected chi connectivity index (χ3v) is 5.43. The van der Waals surface area contributed by atoms with Gasteiger partial charge < -0.3 is 24.6 Å². The summed E-state index contributed by atoms with van der Waals surface area (Å²) in [6.45, 7) is 5.24. The number of benzene rings is 1. The number of rotatable bonds is 5. The standard InChI is InChI=1S/C19H27N3O3/c23-19(22-11-3-4-16(22)13-21-9-1-2-10-21)20-8-7-15-5-6-17-18(12-15)25-14-24-17/h5-6,12,16H,1-4,7-11,13-14H2,(H,20,23). The molecule has 2 saturated heterocycles. The Hall–Kier alpha value is -1.95. The molecule has 3 heterocycles. The summed E-state index contributed by atoms with van der Waals surface area (Å²) in [7, 11) is 0. The Balaban J connectivity index is 1.25. The van der Waals surface area contributed by atoms with Gasteiger partial charge in [-0.15, -0.1) is 0 Å². The smallest absolute Gasteiger partial charge is 0.317 e. The minimum Gasteiger partial charge on any atom is -0.454 e. The lowest BCUT2D eigenvalue weighted by atomic mass is 10.1. The van der Waals surface area contributed by atoms with Gasteiger partial charge in [0.2, 0.25) is 6.79 Å². The fraction of sp³-hybridized carbons (Fsp3) is 0.632. The molecular formula is C19H27N3O3. The lowest BCUT2D eigenvalue weighted by Gasteiger charge is -2.28. The number of fused-ring (bicyclic) bond motifs is 1. The Morgan fingerprint density at radius 2 is 1.96 bits per heavy atom. The third kappa shape index (κ3) is 3.84. The average Bonchev–Trinajstić information content (AvgIpc) is 3.36. The van der Waals surface area contributed by atoms with Crippen LogP contribution in [0.3, 0.4) is 0 Å². The van der Waals surface area contributed by atoms with E-state index in [0.29, 0.717) is 19.4 Å². The second-order valence-electron chi connectivity index (χ2n) is 7.17. The van der Waals surface area contributed by atoms with E-state index in [1.165, 1.54) is 25.9 Å². The first-order chi connectivity index (χ1) is 12.3. The third-order valence-electron chi connectivity index (χ3n) is 5.43. The molecule has 0 aromatic heterocycles. The summed E-state index contributed by atoms with van der Waals surface area (Å²) in [4.78, 5) is 17.1.